The third-order valence-electron chi connectivity index (χ3n) is 1.69. The van der Waals surface area contributed by atoms with Gasteiger partial charge in [0.15, 0.2) is 0 Å². The average molecular weight is 190 g/mol. The lowest BCUT2D eigenvalue weighted by molar-refractivity contribution is 0.197. The van der Waals surface area contributed by atoms with Crippen LogP contribution < -0.4 is 17.1 Å². The molecule has 0 aromatic carbocycles. The number of carbonyl (C=O) groups is 1. The van der Waals surface area contributed by atoms with Crippen LogP contribution in [0.5, 0.6) is 0 Å². The Kier molecular flexibility index (Phi) is 7.27. The van der Waals surface area contributed by atoms with E-state index in [-0.39, 0.29) is 6.61 Å². The molecule has 0 saturated heterocycles. The van der Waals surface area contributed by atoms with Crippen LogP contribution in [0.4, 0.5) is 4.79 Å². The summed E-state index contributed by atoms with van der Waals surface area (Å²) in [6.45, 7) is 0.698. The first kappa shape index (κ1) is 12.2. The number of urea groups is 1. The maximum absolute atomic E-state index is 10.8. The van der Waals surface area contributed by atoms with Gasteiger partial charge in [0, 0.05) is 13.2 Å². The predicted octanol–water partition coefficient (Wildman–Crippen LogP) is -0.702. The summed E-state index contributed by atoms with van der Waals surface area (Å²) < 4.78 is 0. The highest BCUT2D eigenvalue weighted by molar-refractivity contribution is 5.72. The summed E-state index contributed by atoms with van der Waals surface area (Å²) in [6, 6.07) is -0.484. The van der Waals surface area contributed by atoms with E-state index in [9.17, 15) is 4.79 Å². The fourth-order valence-corrected chi connectivity index (χ4v) is 0.932. The van der Waals surface area contributed by atoms with E-state index in [4.69, 9.17) is 16.8 Å². The van der Waals surface area contributed by atoms with Gasteiger partial charge < -0.3 is 5.11 Å². The molecule has 6 N–H and O–H groups in total. The number of nitrogens with one attached hydrogen (secondary N) is 1. The topological polar surface area (TPSA) is 105 Å². The van der Waals surface area contributed by atoms with Gasteiger partial charge in [0.2, 0.25) is 0 Å². The molecule has 0 heterocycles. The summed E-state index contributed by atoms with van der Waals surface area (Å²) in [5.74, 6) is 10.2. The number of unbranched alkanes of at least 4 members (excludes halogenated alkanes) is 3. The first-order chi connectivity index (χ1) is 6.22. The largest absolute Gasteiger partial charge is 0.396 e. The fourth-order valence-electron chi connectivity index (χ4n) is 0.932. The summed E-state index contributed by atoms with van der Waals surface area (Å²) >= 11 is 0. The van der Waals surface area contributed by atoms with Gasteiger partial charge in [-0.3, -0.25) is 10.4 Å². The molecule has 0 aromatic rings. The van der Waals surface area contributed by atoms with Crippen molar-refractivity contribution in [3.05, 3.63) is 0 Å². The summed E-state index contributed by atoms with van der Waals surface area (Å²) in [7, 11) is 0. The van der Waals surface area contributed by atoms with Crippen molar-refractivity contribution in [1.82, 2.24) is 10.4 Å². The third-order valence-corrected chi connectivity index (χ3v) is 1.69. The summed E-state index contributed by atoms with van der Waals surface area (Å²) in [5.41, 5.74) is 1.94. The molecule has 0 saturated carbocycles. The Hall–Kier alpha value is -0.850. The van der Waals surface area contributed by atoms with Crippen LogP contribution in [0.2, 0.25) is 0 Å². The van der Waals surface area contributed by atoms with Crippen LogP contribution >= 0.6 is 0 Å². The standard InChI is InChI=1S/C7H18N4O2/c8-10-7(13)11(9)5-3-1-2-4-6-12/h12H,1-6,8-9H2,(H,10,13). The van der Waals surface area contributed by atoms with Crippen molar-refractivity contribution in [3.8, 4) is 0 Å². The second kappa shape index (κ2) is 7.78. The van der Waals surface area contributed by atoms with Gasteiger partial charge in [0.05, 0.1) is 0 Å². The van der Waals surface area contributed by atoms with Gasteiger partial charge in [-0.15, -0.1) is 0 Å². The van der Waals surface area contributed by atoms with Gasteiger partial charge in [0.25, 0.3) is 0 Å². The van der Waals surface area contributed by atoms with Gasteiger partial charge in [-0.05, 0) is 12.8 Å². The van der Waals surface area contributed by atoms with Crippen LogP contribution in [0.25, 0.3) is 0 Å². The van der Waals surface area contributed by atoms with E-state index in [0.29, 0.717) is 6.54 Å². The Morgan fingerprint density at radius 1 is 1.31 bits per heavy atom. The quantitative estimate of drug-likeness (QED) is 0.192. The van der Waals surface area contributed by atoms with E-state index >= 15 is 0 Å². The summed E-state index contributed by atoms with van der Waals surface area (Å²) in [6.07, 6.45) is 3.53. The third kappa shape index (κ3) is 6.32. The monoisotopic (exact) mass is 190 g/mol. The van der Waals surface area contributed by atoms with E-state index in [0.717, 1.165) is 30.7 Å². The van der Waals surface area contributed by atoms with Gasteiger partial charge in [0.1, 0.15) is 0 Å². The lowest BCUT2D eigenvalue weighted by Crippen LogP contribution is -2.47. The van der Waals surface area contributed by atoms with Crippen LogP contribution in [0, 0.1) is 0 Å². The van der Waals surface area contributed by atoms with Gasteiger partial charge in [-0.25, -0.2) is 16.5 Å². The highest BCUT2D eigenvalue weighted by Crippen LogP contribution is 1.99. The lowest BCUT2D eigenvalue weighted by atomic mass is 10.2. The SMILES string of the molecule is NNC(=O)N(N)CCCCCCO. The highest BCUT2D eigenvalue weighted by Gasteiger charge is 2.04. The maximum atomic E-state index is 10.8. The van der Waals surface area contributed by atoms with Crippen molar-refractivity contribution in [2.24, 2.45) is 11.7 Å². The lowest BCUT2D eigenvalue weighted by Gasteiger charge is -2.14. The van der Waals surface area contributed by atoms with Crippen molar-refractivity contribution >= 4 is 6.03 Å². The number of rotatable bonds is 6. The van der Waals surface area contributed by atoms with E-state index in [1.165, 1.54) is 0 Å². The van der Waals surface area contributed by atoms with Gasteiger partial charge in [-0.2, -0.15) is 0 Å². The predicted molar refractivity (Wildman–Crippen MR) is 49.2 cm³/mol. The molecule has 78 valence electrons. The molecule has 6 heteroatoms. The molecule has 0 aliphatic rings. The second-order valence-corrected chi connectivity index (χ2v) is 2.78. The molecule has 0 atom stereocenters. The number of aliphatic hydroxyl groups is 1. The normalized spacial score (nSPS) is 9.77. The van der Waals surface area contributed by atoms with Crippen LogP contribution in [0.3, 0.4) is 0 Å². The number of aliphatic hydroxyl groups excluding tert-OH is 1. The van der Waals surface area contributed by atoms with Crippen molar-refractivity contribution in [3.63, 3.8) is 0 Å². The second-order valence-electron chi connectivity index (χ2n) is 2.78. The smallest absolute Gasteiger partial charge is 0.345 e. The minimum absolute atomic E-state index is 0.218. The Morgan fingerprint density at radius 3 is 2.46 bits per heavy atom. The minimum Gasteiger partial charge on any atom is -0.396 e. The van der Waals surface area contributed by atoms with E-state index < -0.39 is 6.03 Å². The number of hydrogen-bond donors (Lipinski definition) is 4. The first-order valence-corrected chi connectivity index (χ1v) is 4.36. The Bertz CT molecular complexity index is 142. The Labute approximate surface area is 77.8 Å². The fraction of sp³-hybridized carbons (Fsp3) is 0.857. The van der Waals surface area contributed by atoms with Gasteiger partial charge >= 0.3 is 6.03 Å². The number of hydrogen-bond acceptors (Lipinski definition) is 4. The van der Waals surface area contributed by atoms with Crippen molar-refractivity contribution in [1.29, 1.82) is 0 Å². The summed E-state index contributed by atoms with van der Waals surface area (Å²) in [5, 5.41) is 9.53. The van der Waals surface area contributed by atoms with E-state index in [2.05, 4.69) is 0 Å². The molecule has 0 unspecified atom stereocenters. The molecule has 0 aliphatic heterocycles. The number of carbonyl (C=O) groups excluding carboxylic acids is 1. The summed E-state index contributed by atoms with van der Waals surface area (Å²) in [4.78, 5) is 10.8. The molecule has 0 radical (unpaired) electrons. The molecule has 2 amide bonds. The number of nitrogens with two attached hydrogens (primary N) is 2. The highest BCUT2D eigenvalue weighted by atomic mass is 16.2. The molecular formula is C7H18N4O2. The van der Waals surface area contributed by atoms with Crippen LogP contribution in [-0.2, 0) is 0 Å². The zero-order chi connectivity index (χ0) is 10.1. The molecule has 0 bridgehead atoms. The average Bonchev–Trinajstić information content (AvgIpc) is 2.16. The van der Waals surface area contributed by atoms with E-state index in [1.54, 1.807) is 0 Å². The van der Waals surface area contributed by atoms with Crippen LogP contribution in [0.1, 0.15) is 25.7 Å². The van der Waals surface area contributed by atoms with Crippen LogP contribution in [0.15, 0.2) is 0 Å². The zero-order valence-electron chi connectivity index (χ0n) is 7.70. The zero-order valence-corrected chi connectivity index (χ0v) is 7.70. The Morgan fingerprint density at radius 2 is 1.92 bits per heavy atom. The maximum Gasteiger partial charge on any atom is 0.345 e. The molecule has 0 rings (SSSR count). The first-order valence-electron chi connectivity index (χ1n) is 4.36. The molecule has 0 aromatic heterocycles. The van der Waals surface area contributed by atoms with Crippen molar-refractivity contribution in [2.45, 2.75) is 25.7 Å². The molecule has 0 fully saturated rings. The number of hydrazine groups is 2. The number of amides is 2. The van der Waals surface area contributed by atoms with Crippen molar-refractivity contribution < 1.29 is 9.90 Å². The number of nitrogens with zero attached hydrogens (tertiary/aromatic N) is 1. The van der Waals surface area contributed by atoms with E-state index in [1.807, 2.05) is 5.43 Å². The van der Waals surface area contributed by atoms with Crippen molar-refractivity contribution in [2.75, 3.05) is 13.2 Å². The molecule has 13 heavy (non-hydrogen) atoms. The molecule has 0 spiro atoms. The molecular weight excluding hydrogens is 172 g/mol. The minimum atomic E-state index is -0.484. The molecule has 6 nitrogen and oxygen atoms in total. The van der Waals surface area contributed by atoms with Crippen LogP contribution in [-0.4, -0.2) is 29.3 Å². The molecule has 0 aliphatic carbocycles. The van der Waals surface area contributed by atoms with Gasteiger partial charge in [-0.1, -0.05) is 12.8 Å². The Balaban J connectivity index is 3.26.